The van der Waals surface area contributed by atoms with Crippen LogP contribution in [0.15, 0.2) is 78.5 Å². The quantitative estimate of drug-likeness (QED) is 0.332. The fourth-order valence-electron chi connectivity index (χ4n) is 5.46. The van der Waals surface area contributed by atoms with E-state index < -0.39 is 17.8 Å². The van der Waals surface area contributed by atoms with Crippen LogP contribution in [0.2, 0.25) is 0 Å². The van der Waals surface area contributed by atoms with Crippen LogP contribution in [0, 0.1) is 0 Å². The second kappa shape index (κ2) is 8.55. The third-order valence-corrected chi connectivity index (χ3v) is 7.16. The van der Waals surface area contributed by atoms with Crippen molar-refractivity contribution in [3.63, 3.8) is 0 Å². The molecule has 1 saturated heterocycles. The van der Waals surface area contributed by atoms with Gasteiger partial charge in [0.2, 0.25) is 0 Å². The number of amides is 4. The van der Waals surface area contributed by atoms with Crippen LogP contribution in [0.25, 0.3) is 27.8 Å². The average Bonchev–Trinajstić information content (AvgIpc) is 3.51. The Morgan fingerprint density at radius 1 is 0.857 bits per heavy atom. The maximum atomic E-state index is 13.3. The molecule has 0 bridgehead atoms. The highest BCUT2D eigenvalue weighted by atomic mass is 16.2. The maximum Gasteiger partial charge on any atom is 0.331 e. The molecule has 2 heterocycles. The first-order valence-corrected chi connectivity index (χ1v) is 12.1. The Balaban J connectivity index is 1.42. The number of urea groups is 1. The number of nitrogens with zero attached hydrogens (tertiary/aromatic N) is 2. The standard InChI is InChI=1S/C29H25N3O3/c33-27-25(28(34)32(29(35)30-27)22-11-2-3-12-22)16-21-18-31(26-15-6-5-14-24(21)26)17-20-10-7-9-19-8-1-4-13-23(19)20/h1,4-10,13-16,18,22H,2-3,11-12,17H2,(H,30,33,35)/b25-16-. The summed E-state index contributed by atoms with van der Waals surface area (Å²) in [4.78, 5) is 39.7. The molecule has 2 aliphatic rings. The number of barbiturate groups is 1. The number of aromatic nitrogens is 1. The van der Waals surface area contributed by atoms with Crippen molar-refractivity contribution in [2.45, 2.75) is 38.3 Å². The Kier molecular flexibility index (Phi) is 5.21. The van der Waals surface area contributed by atoms with Gasteiger partial charge in [0.1, 0.15) is 5.57 Å². The van der Waals surface area contributed by atoms with E-state index in [9.17, 15) is 14.4 Å². The summed E-state index contributed by atoms with van der Waals surface area (Å²) >= 11 is 0. The zero-order chi connectivity index (χ0) is 23.9. The Labute approximate surface area is 202 Å². The predicted octanol–water partition coefficient (Wildman–Crippen LogP) is 5.25. The topological polar surface area (TPSA) is 71.4 Å². The molecular weight excluding hydrogens is 438 g/mol. The first kappa shape index (κ1) is 21.4. The molecule has 0 unspecified atom stereocenters. The van der Waals surface area contributed by atoms with Gasteiger partial charge in [0, 0.05) is 35.2 Å². The molecule has 0 spiro atoms. The fraction of sp³-hybridized carbons (Fsp3) is 0.207. The summed E-state index contributed by atoms with van der Waals surface area (Å²) < 4.78 is 2.15. The van der Waals surface area contributed by atoms with E-state index >= 15 is 0 Å². The molecule has 4 amide bonds. The normalized spacial score (nSPS) is 18.2. The minimum atomic E-state index is -0.639. The van der Waals surface area contributed by atoms with Crippen molar-refractivity contribution in [1.82, 2.24) is 14.8 Å². The molecule has 6 heteroatoms. The third kappa shape index (κ3) is 3.71. The number of para-hydroxylation sites is 1. The molecule has 1 N–H and O–H groups in total. The average molecular weight is 464 g/mol. The molecule has 0 radical (unpaired) electrons. The van der Waals surface area contributed by atoms with E-state index in [-0.39, 0.29) is 11.6 Å². The maximum absolute atomic E-state index is 13.3. The Bertz CT molecular complexity index is 1520. The number of imide groups is 2. The molecule has 35 heavy (non-hydrogen) atoms. The number of rotatable bonds is 4. The van der Waals surface area contributed by atoms with Gasteiger partial charge in [0.15, 0.2) is 0 Å². The van der Waals surface area contributed by atoms with Crippen molar-refractivity contribution < 1.29 is 14.4 Å². The minimum absolute atomic E-state index is 0.00423. The summed E-state index contributed by atoms with van der Waals surface area (Å²) in [5.74, 6) is -1.14. The van der Waals surface area contributed by atoms with Gasteiger partial charge in [0.05, 0.1) is 0 Å². The summed E-state index contributed by atoms with van der Waals surface area (Å²) in [6.45, 7) is 0.651. The number of nitrogens with one attached hydrogen (secondary N) is 1. The van der Waals surface area contributed by atoms with Gasteiger partial charge in [-0.3, -0.25) is 19.8 Å². The number of carbonyl (C=O) groups is 3. The highest BCUT2D eigenvalue weighted by molar-refractivity contribution is 6.31. The van der Waals surface area contributed by atoms with Gasteiger partial charge in [-0.2, -0.15) is 0 Å². The van der Waals surface area contributed by atoms with E-state index in [1.165, 1.54) is 21.2 Å². The number of fused-ring (bicyclic) bond motifs is 2. The van der Waals surface area contributed by atoms with Crippen molar-refractivity contribution in [3.8, 4) is 0 Å². The van der Waals surface area contributed by atoms with E-state index in [4.69, 9.17) is 0 Å². The van der Waals surface area contributed by atoms with Crippen molar-refractivity contribution in [2.75, 3.05) is 0 Å². The monoisotopic (exact) mass is 463 g/mol. The van der Waals surface area contributed by atoms with Crippen molar-refractivity contribution in [3.05, 3.63) is 89.6 Å². The molecule has 3 aromatic carbocycles. The van der Waals surface area contributed by atoms with Gasteiger partial charge in [-0.05, 0) is 41.3 Å². The van der Waals surface area contributed by atoms with E-state index in [1.54, 1.807) is 6.08 Å². The largest absolute Gasteiger partial charge is 0.342 e. The molecule has 174 valence electrons. The van der Waals surface area contributed by atoms with E-state index in [0.29, 0.717) is 6.54 Å². The highest BCUT2D eigenvalue weighted by Gasteiger charge is 2.40. The van der Waals surface area contributed by atoms with Gasteiger partial charge >= 0.3 is 6.03 Å². The van der Waals surface area contributed by atoms with Crippen LogP contribution in [0.4, 0.5) is 4.79 Å². The third-order valence-electron chi connectivity index (χ3n) is 7.16. The van der Waals surface area contributed by atoms with Crippen LogP contribution in [-0.4, -0.2) is 33.4 Å². The van der Waals surface area contributed by atoms with E-state index in [0.717, 1.165) is 42.1 Å². The van der Waals surface area contributed by atoms with Gasteiger partial charge in [-0.15, -0.1) is 0 Å². The molecule has 6 nitrogen and oxygen atoms in total. The van der Waals surface area contributed by atoms with Gasteiger partial charge < -0.3 is 4.57 Å². The van der Waals surface area contributed by atoms with Crippen molar-refractivity contribution >= 4 is 45.6 Å². The Morgan fingerprint density at radius 2 is 1.57 bits per heavy atom. The lowest BCUT2D eigenvalue weighted by atomic mass is 10.0. The molecule has 1 saturated carbocycles. The van der Waals surface area contributed by atoms with Crippen LogP contribution < -0.4 is 5.32 Å². The van der Waals surface area contributed by atoms with E-state index in [2.05, 4.69) is 40.2 Å². The molecule has 6 rings (SSSR count). The smallest absolute Gasteiger partial charge is 0.331 e. The van der Waals surface area contributed by atoms with Crippen LogP contribution in [0.3, 0.4) is 0 Å². The highest BCUT2D eigenvalue weighted by Crippen LogP contribution is 2.30. The zero-order valence-corrected chi connectivity index (χ0v) is 19.2. The van der Waals surface area contributed by atoms with Crippen LogP contribution in [-0.2, 0) is 16.1 Å². The van der Waals surface area contributed by atoms with Crippen LogP contribution in [0.5, 0.6) is 0 Å². The summed E-state index contributed by atoms with van der Waals surface area (Å²) in [5.41, 5.74) is 2.98. The molecule has 1 aliphatic carbocycles. The first-order valence-electron chi connectivity index (χ1n) is 12.1. The number of hydrogen-bond donors (Lipinski definition) is 1. The SMILES string of the molecule is O=C1NC(=O)N(C2CCCC2)C(=O)/C1=C\c1cn(Cc2cccc3ccccc23)c2ccccc12. The molecule has 1 aliphatic heterocycles. The lowest BCUT2D eigenvalue weighted by Gasteiger charge is -2.31. The van der Waals surface area contributed by atoms with Crippen molar-refractivity contribution in [2.24, 2.45) is 0 Å². The van der Waals surface area contributed by atoms with E-state index in [1.807, 2.05) is 42.6 Å². The summed E-state index contributed by atoms with van der Waals surface area (Å²) in [5, 5.41) is 5.70. The number of carbonyl (C=O) groups excluding carboxylic acids is 3. The lowest BCUT2D eigenvalue weighted by Crippen LogP contribution is -2.57. The summed E-state index contributed by atoms with van der Waals surface area (Å²) in [7, 11) is 0. The summed E-state index contributed by atoms with van der Waals surface area (Å²) in [6, 6.07) is 21.8. The van der Waals surface area contributed by atoms with Gasteiger partial charge in [-0.25, -0.2) is 4.79 Å². The van der Waals surface area contributed by atoms with Crippen LogP contribution >= 0.6 is 0 Å². The Morgan fingerprint density at radius 3 is 2.40 bits per heavy atom. The fourth-order valence-corrected chi connectivity index (χ4v) is 5.46. The molecule has 0 atom stereocenters. The predicted molar refractivity (Wildman–Crippen MR) is 136 cm³/mol. The molecule has 4 aromatic rings. The van der Waals surface area contributed by atoms with Crippen LogP contribution in [0.1, 0.15) is 36.8 Å². The molecular formula is C29H25N3O3. The van der Waals surface area contributed by atoms with Gasteiger partial charge in [0.25, 0.3) is 11.8 Å². The number of hydrogen-bond acceptors (Lipinski definition) is 3. The second-order valence-electron chi connectivity index (χ2n) is 9.30. The second-order valence-corrected chi connectivity index (χ2v) is 9.30. The molecule has 1 aromatic heterocycles. The van der Waals surface area contributed by atoms with Gasteiger partial charge in [-0.1, -0.05) is 73.5 Å². The lowest BCUT2D eigenvalue weighted by molar-refractivity contribution is -0.131. The Hall–Kier alpha value is -4.19. The zero-order valence-electron chi connectivity index (χ0n) is 19.2. The minimum Gasteiger partial charge on any atom is -0.342 e. The van der Waals surface area contributed by atoms with Crippen molar-refractivity contribution in [1.29, 1.82) is 0 Å². The molecule has 2 fully saturated rings. The summed E-state index contributed by atoms with van der Waals surface area (Å²) in [6.07, 6.45) is 7.15. The number of benzene rings is 3. The first-order chi connectivity index (χ1) is 17.1.